The molecule has 0 spiro atoms. The van der Waals surface area contributed by atoms with Crippen LogP contribution in [0.3, 0.4) is 0 Å². The number of anilines is 2. The molecule has 0 saturated carbocycles. The van der Waals surface area contributed by atoms with Crippen LogP contribution in [0.5, 0.6) is 0 Å². The van der Waals surface area contributed by atoms with E-state index in [2.05, 4.69) is 25.5 Å². The molecule has 0 bridgehead atoms. The van der Waals surface area contributed by atoms with Gasteiger partial charge in [-0.2, -0.15) is 5.10 Å². The van der Waals surface area contributed by atoms with Gasteiger partial charge in [0.05, 0.1) is 11.9 Å². The first-order valence-corrected chi connectivity index (χ1v) is 3.90. The number of rotatable bonds is 2. The minimum atomic E-state index is 0.585. The zero-order chi connectivity index (χ0) is 9.10. The van der Waals surface area contributed by atoms with Crippen LogP contribution in [0, 0.1) is 6.92 Å². The lowest BCUT2D eigenvalue weighted by Crippen LogP contribution is -1.96. The van der Waals surface area contributed by atoms with Crippen molar-refractivity contribution in [2.45, 2.75) is 6.92 Å². The summed E-state index contributed by atoms with van der Waals surface area (Å²) in [6, 6.07) is 1.85. The van der Waals surface area contributed by atoms with Gasteiger partial charge < -0.3 is 5.32 Å². The molecule has 13 heavy (non-hydrogen) atoms. The number of H-pyrrole nitrogens is 1. The van der Waals surface area contributed by atoms with Crippen molar-refractivity contribution in [3.63, 3.8) is 0 Å². The standard InChI is InChI=1S/C8H9N5/c1-6-2-3-9-8(12-6)13-7-4-10-11-5-7/h2-5H,1H3,(H,10,11)(H,9,12,13). The predicted octanol–water partition coefficient (Wildman–Crippen LogP) is 1.25. The van der Waals surface area contributed by atoms with Gasteiger partial charge in [-0.25, -0.2) is 9.97 Å². The van der Waals surface area contributed by atoms with Crippen LogP contribution >= 0.6 is 0 Å². The lowest BCUT2D eigenvalue weighted by molar-refractivity contribution is 1.09. The molecule has 0 amide bonds. The van der Waals surface area contributed by atoms with Crippen LogP contribution in [-0.4, -0.2) is 20.2 Å². The zero-order valence-corrected chi connectivity index (χ0v) is 7.15. The van der Waals surface area contributed by atoms with Crippen LogP contribution < -0.4 is 5.32 Å². The summed E-state index contributed by atoms with van der Waals surface area (Å²) in [5.74, 6) is 0.585. The Hall–Kier alpha value is -1.91. The van der Waals surface area contributed by atoms with Gasteiger partial charge in [-0.3, -0.25) is 5.10 Å². The molecule has 0 aliphatic rings. The first kappa shape index (κ1) is 7.72. The summed E-state index contributed by atoms with van der Waals surface area (Å²) in [6.07, 6.45) is 5.13. The van der Waals surface area contributed by atoms with Crippen molar-refractivity contribution in [3.8, 4) is 0 Å². The SMILES string of the molecule is Cc1ccnc(Nc2cn[nH]c2)n1. The van der Waals surface area contributed by atoms with Gasteiger partial charge in [-0.05, 0) is 13.0 Å². The highest BCUT2D eigenvalue weighted by Gasteiger charge is 1.97. The second-order valence-electron chi connectivity index (χ2n) is 2.63. The summed E-state index contributed by atoms with van der Waals surface area (Å²) < 4.78 is 0. The normalized spacial score (nSPS) is 9.92. The van der Waals surface area contributed by atoms with Crippen LogP contribution in [0.1, 0.15) is 5.69 Å². The summed E-state index contributed by atoms with van der Waals surface area (Å²) >= 11 is 0. The van der Waals surface area contributed by atoms with Crippen molar-refractivity contribution in [2.24, 2.45) is 0 Å². The lowest BCUT2D eigenvalue weighted by atomic mass is 10.4. The second kappa shape index (κ2) is 3.22. The van der Waals surface area contributed by atoms with E-state index in [-0.39, 0.29) is 0 Å². The number of aryl methyl sites for hydroxylation is 1. The van der Waals surface area contributed by atoms with E-state index in [4.69, 9.17) is 0 Å². The molecule has 0 fully saturated rings. The molecule has 2 heterocycles. The van der Waals surface area contributed by atoms with E-state index in [1.54, 1.807) is 18.6 Å². The number of nitrogens with zero attached hydrogens (tertiary/aromatic N) is 3. The molecule has 0 radical (unpaired) electrons. The largest absolute Gasteiger partial charge is 0.321 e. The smallest absolute Gasteiger partial charge is 0.227 e. The number of hydrogen-bond acceptors (Lipinski definition) is 4. The molecule has 0 aliphatic carbocycles. The van der Waals surface area contributed by atoms with Gasteiger partial charge in [0.2, 0.25) is 5.95 Å². The Bertz CT molecular complexity index is 381. The molecule has 2 N–H and O–H groups in total. The minimum Gasteiger partial charge on any atom is -0.321 e. The first-order valence-electron chi connectivity index (χ1n) is 3.90. The third-order valence-corrected chi connectivity index (χ3v) is 1.55. The Morgan fingerprint density at radius 3 is 3.08 bits per heavy atom. The highest BCUT2D eigenvalue weighted by Crippen LogP contribution is 2.08. The molecule has 0 unspecified atom stereocenters. The molecule has 0 aromatic carbocycles. The highest BCUT2D eigenvalue weighted by molar-refractivity contribution is 5.49. The molecule has 0 saturated heterocycles. The Morgan fingerprint density at radius 1 is 1.46 bits per heavy atom. The van der Waals surface area contributed by atoms with Crippen LogP contribution in [-0.2, 0) is 0 Å². The van der Waals surface area contributed by atoms with Crippen LogP contribution in [0.4, 0.5) is 11.6 Å². The van der Waals surface area contributed by atoms with Crippen LogP contribution in [0.25, 0.3) is 0 Å². The van der Waals surface area contributed by atoms with Gasteiger partial charge in [0, 0.05) is 18.1 Å². The first-order chi connectivity index (χ1) is 6.34. The Kier molecular flexibility index (Phi) is 1.91. The van der Waals surface area contributed by atoms with Gasteiger partial charge in [0.15, 0.2) is 0 Å². The summed E-state index contributed by atoms with van der Waals surface area (Å²) in [4.78, 5) is 8.23. The third kappa shape index (κ3) is 1.81. The van der Waals surface area contributed by atoms with Gasteiger partial charge in [0.25, 0.3) is 0 Å². The van der Waals surface area contributed by atoms with Gasteiger partial charge in [0.1, 0.15) is 0 Å². The quantitative estimate of drug-likeness (QED) is 0.720. The maximum Gasteiger partial charge on any atom is 0.227 e. The minimum absolute atomic E-state index is 0.585. The number of aromatic amines is 1. The lowest BCUT2D eigenvalue weighted by Gasteiger charge is -2.00. The van der Waals surface area contributed by atoms with Crippen LogP contribution in [0.2, 0.25) is 0 Å². The Labute approximate surface area is 75.2 Å². The molecular formula is C8H9N5. The third-order valence-electron chi connectivity index (χ3n) is 1.55. The van der Waals surface area contributed by atoms with Crippen molar-refractivity contribution in [3.05, 3.63) is 30.4 Å². The molecule has 2 rings (SSSR count). The topological polar surface area (TPSA) is 66.5 Å². The van der Waals surface area contributed by atoms with Crippen molar-refractivity contribution in [1.82, 2.24) is 20.2 Å². The molecule has 2 aromatic heterocycles. The highest BCUT2D eigenvalue weighted by atomic mass is 15.2. The fourth-order valence-corrected chi connectivity index (χ4v) is 0.957. The van der Waals surface area contributed by atoms with Crippen molar-refractivity contribution in [2.75, 3.05) is 5.32 Å². The fraction of sp³-hybridized carbons (Fsp3) is 0.125. The Morgan fingerprint density at radius 2 is 2.38 bits per heavy atom. The predicted molar refractivity (Wildman–Crippen MR) is 48.6 cm³/mol. The second-order valence-corrected chi connectivity index (χ2v) is 2.63. The monoisotopic (exact) mass is 175 g/mol. The molecule has 66 valence electrons. The molecule has 5 nitrogen and oxygen atoms in total. The van der Waals surface area contributed by atoms with Crippen molar-refractivity contribution >= 4 is 11.6 Å². The molecule has 2 aromatic rings. The van der Waals surface area contributed by atoms with Crippen molar-refractivity contribution in [1.29, 1.82) is 0 Å². The summed E-state index contributed by atoms with van der Waals surface area (Å²) in [5, 5.41) is 9.50. The molecular weight excluding hydrogens is 166 g/mol. The van der Waals surface area contributed by atoms with E-state index in [1.165, 1.54) is 0 Å². The maximum atomic E-state index is 4.18. The van der Waals surface area contributed by atoms with E-state index < -0.39 is 0 Å². The summed E-state index contributed by atoms with van der Waals surface area (Å²) in [6.45, 7) is 1.92. The average Bonchev–Trinajstić information content (AvgIpc) is 2.57. The maximum absolute atomic E-state index is 4.18. The van der Waals surface area contributed by atoms with E-state index in [0.29, 0.717) is 5.95 Å². The van der Waals surface area contributed by atoms with E-state index in [0.717, 1.165) is 11.4 Å². The molecule has 0 aliphatic heterocycles. The van der Waals surface area contributed by atoms with Gasteiger partial charge >= 0.3 is 0 Å². The number of hydrogen-bond donors (Lipinski definition) is 2. The zero-order valence-electron chi connectivity index (χ0n) is 7.15. The Balaban J connectivity index is 2.19. The molecule has 5 heteroatoms. The van der Waals surface area contributed by atoms with E-state index in [1.807, 2.05) is 13.0 Å². The average molecular weight is 175 g/mol. The van der Waals surface area contributed by atoms with Gasteiger partial charge in [-0.1, -0.05) is 0 Å². The number of nitrogens with one attached hydrogen (secondary N) is 2. The van der Waals surface area contributed by atoms with E-state index in [9.17, 15) is 0 Å². The van der Waals surface area contributed by atoms with E-state index >= 15 is 0 Å². The van der Waals surface area contributed by atoms with Gasteiger partial charge in [-0.15, -0.1) is 0 Å². The molecule has 0 atom stereocenters. The van der Waals surface area contributed by atoms with Crippen LogP contribution in [0.15, 0.2) is 24.7 Å². The fourth-order valence-electron chi connectivity index (χ4n) is 0.957. The summed E-state index contributed by atoms with van der Waals surface area (Å²) in [5.41, 5.74) is 1.78. The summed E-state index contributed by atoms with van der Waals surface area (Å²) in [7, 11) is 0. The number of aromatic nitrogens is 4. The van der Waals surface area contributed by atoms with Crippen molar-refractivity contribution < 1.29 is 0 Å².